The maximum atomic E-state index is 11.8. The third-order valence-corrected chi connectivity index (χ3v) is 2.50. The average Bonchev–Trinajstić information content (AvgIpc) is 2.24. The first-order chi connectivity index (χ1) is 7.19. The molecule has 2 unspecified atom stereocenters. The van der Waals surface area contributed by atoms with Gasteiger partial charge in [-0.15, -0.1) is 0 Å². The van der Waals surface area contributed by atoms with Crippen molar-refractivity contribution in [1.82, 2.24) is 5.32 Å². The number of nitrogens with one attached hydrogen (secondary N) is 1. The van der Waals surface area contributed by atoms with E-state index in [1.54, 1.807) is 7.11 Å². The second kappa shape index (κ2) is 8.68. The molecule has 0 heterocycles. The van der Waals surface area contributed by atoms with Gasteiger partial charge in [-0.1, -0.05) is 20.3 Å². The molecule has 0 bridgehead atoms. The molecule has 0 radical (unpaired) electrons. The van der Waals surface area contributed by atoms with E-state index in [2.05, 4.69) is 12.2 Å². The van der Waals surface area contributed by atoms with Gasteiger partial charge in [0.1, 0.15) is 0 Å². The smallest absolute Gasteiger partial charge is 0.224 e. The van der Waals surface area contributed by atoms with E-state index >= 15 is 0 Å². The third kappa shape index (κ3) is 5.74. The van der Waals surface area contributed by atoms with E-state index in [1.807, 2.05) is 6.92 Å². The normalized spacial score (nSPS) is 14.7. The second-order valence-corrected chi connectivity index (χ2v) is 3.79. The Bertz CT molecular complexity index is 174. The Labute approximate surface area is 92.6 Å². The van der Waals surface area contributed by atoms with Crippen LogP contribution >= 0.6 is 0 Å². The van der Waals surface area contributed by atoms with Crippen LogP contribution in [0.5, 0.6) is 0 Å². The van der Waals surface area contributed by atoms with Gasteiger partial charge in [-0.25, -0.2) is 0 Å². The molecule has 3 N–H and O–H groups in total. The van der Waals surface area contributed by atoms with Gasteiger partial charge in [-0.3, -0.25) is 4.79 Å². The molecule has 0 rings (SSSR count). The van der Waals surface area contributed by atoms with Crippen molar-refractivity contribution in [2.45, 2.75) is 39.2 Å². The van der Waals surface area contributed by atoms with Crippen molar-refractivity contribution >= 4 is 5.91 Å². The first kappa shape index (κ1) is 14.4. The highest BCUT2D eigenvalue weighted by atomic mass is 16.5. The fraction of sp³-hybridized carbons (Fsp3) is 0.909. The Morgan fingerprint density at radius 1 is 1.47 bits per heavy atom. The summed E-state index contributed by atoms with van der Waals surface area (Å²) in [7, 11) is 1.64. The van der Waals surface area contributed by atoms with Crippen molar-refractivity contribution in [3.8, 4) is 0 Å². The number of ether oxygens (including phenoxy) is 1. The van der Waals surface area contributed by atoms with Crippen LogP contribution in [0.15, 0.2) is 0 Å². The zero-order chi connectivity index (χ0) is 11.7. The summed E-state index contributed by atoms with van der Waals surface area (Å²) in [5.74, 6) is 0.00385. The van der Waals surface area contributed by atoms with Crippen molar-refractivity contribution in [2.24, 2.45) is 11.7 Å². The van der Waals surface area contributed by atoms with E-state index in [1.165, 1.54) is 0 Å². The second-order valence-electron chi connectivity index (χ2n) is 3.79. The number of amides is 1. The number of rotatable bonds is 8. The van der Waals surface area contributed by atoms with Crippen molar-refractivity contribution < 1.29 is 9.53 Å². The molecule has 0 aliphatic rings. The minimum Gasteiger partial charge on any atom is -0.383 e. The largest absolute Gasteiger partial charge is 0.383 e. The van der Waals surface area contributed by atoms with Crippen LogP contribution in [0.3, 0.4) is 0 Å². The summed E-state index contributed by atoms with van der Waals surface area (Å²) in [5, 5.41) is 2.96. The predicted molar refractivity (Wildman–Crippen MR) is 61.6 cm³/mol. The number of carbonyl (C=O) groups excluding carboxylic acids is 1. The number of hydrogen-bond acceptors (Lipinski definition) is 3. The van der Waals surface area contributed by atoms with Crippen LogP contribution in [0.25, 0.3) is 0 Å². The van der Waals surface area contributed by atoms with Gasteiger partial charge in [0.2, 0.25) is 5.91 Å². The van der Waals surface area contributed by atoms with Gasteiger partial charge in [0, 0.05) is 13.7 Å². The molecule has 0 fully saturated rings. The SMILES string of the molecule is CCCC(CN)C(=O)NC(CC)COC. The Morgan fingerprint density at radius 2 is 2.13 bits per heavy atom. The lowest BCUT2D eigenvalue weighted by molar-refractivity contribution is -0.126. The van der Waals surface area contributed by atoms with Gasteiger partial charge in [-0.05, 0) is 12.8 Å². The molecule has 1 amide bonds. The Hall–Kier alpha value is -0.610. The summed E-state index contributed by atoms with van der Waals surface area (Å²) >= 11 is 0. The maximum Gasteiger partial charge on any atom is 0.224 e. The fourth-order valence-corrected chi connectivity index (χ4v) is 1.49. The Balaban J connectivity index is 4.05. The van der Waals surface area contributed by atoms with Crippen LogP contribution in [0.2, 0.25) is 0 Å². The van der Waals surface area contributed by atoms with Gasteiger partial charge < -0.3 is 15.8 Å². The highest BCUT2D eigenvalue weighted by Crippen LogP contribution is 2.05. The number of hydrogen-bond donors (Lipinski definition) is 2. The summed E-state index contributed by atoms with van der Waals surface area (Å²) in [5.41, 5.74) is 5.56. The molecular weight excluding hydrogens is 192 g/mol. The van der Waals surface area contributed by atoms with Crippen molar-refractivity contribution in [3.63, 3.8) is 0 Å². The highest BCUT2D eigenvalue weighted by Gasteiger charge is 2.18. The van der Waals surface area contributed by atoms with Gasteiger partial charge in [0.15, 0.2) is 0 Å². The lowest BCUT2D eigenvalue weighted by Gasteiger charge is -2.20. The third-order valence-electron chi connectivity index (χ3n) is 2.50. The molecule has 15 heavy (non-hydrogen) atoms. The first-order valence-electron chi connectivity index (χ1n) is 5.68. The van der Waals surface area contributed by atoms with Gasteiger partial charge in [0.05, 0.1) is 18.6 Å². The molecule has 0 aliphatic carbocycles. The molecule has 0 saturated heterocycles. The molecule has 2 atom stereocenters. The molecular formula is C11H24N2O2. The van der Waals surface area contributed by atoms with Crippen LogP contribution in [0.1, 0.15) is 33.1 Å². The Kier molecular flexibility index (Phi) is 8.33. The predicted octanol–water partition coefficient (Wildman–Crippen LogP) is 0.903. The molecule has 0 saturated carbocycles. The van der Waals surface area contributed by atoms with Crippen molar-refractivity contribution in [1.29, 1.82) is 0 Å². The van der Waals surface area contributed by atoms with E-state index in [0.717, 1.165) is 19.3 Å². The topological polar surface area (TPSA) is 64.4 Å². The van der Waals surface area contributed by atoms with Crippen LogP contribution < -0.4 is 11.1 Å². The number of methoxy groups -OCH3 is 1. The van der Waals surface area contributed by atoms with Crippen LogP contribution in [0, 0.1) is 5.92 Å². The van der Waals surface area contributed by atoms with E-state index in [4.69, 9.17) is 10.5 Å². The van der Waals surface area contributed by atoms with Crippen LogP contribution in [-0.2, 0) is 9.53 Å². The maximum absolute atomic E-state index is 11.8. The van der Waals surface area contributed by atoms with E-state index < -0.39 is 0 Å². The van der Waals surface area contributed by atoms with E-state index in [0.29, 0.717) is 13.2 Å². The summed E-state index contributed by atoms with van der Waals surface area (Å²) in [4.78, 5) is 11.8. The average molecular weight is 216 g/mol. The monoisotopic (exact) mass is 216 g/mol. The highest BCUT2D eigenvalue weighted by molar-refractivity contribution is 5.79. The number of nitrogens with two attached hydrogens (primary N) is 1. The summed E-state index contributed by atoms with van der Waals surface area (Å²) in [6, 6.07) is 0.105. The summed E-state index contributed by atoms with van der Waals surface area (Å²) in [6.07, 6.45) is 2.71. The zero-order valence-corrected chi connectivity index (χ0v) is 10.1. The van der Waals surface area contributed by atoms with Crippen molar-refractivity contribution in [3.05, 3.63) is 0 Å². The van der Waals surface area contributed by atoms with Gasteiger partial charge in [0.25, 0.3) is 0 Å². The standard InChI is InChI=1S/C11H24N2O2/c1-4-6-9(7-12)11(14)13-10(5-2)8-15-3/h9-10H,4-8,12H2,1-3H3,(H,13,14). The molecule has 4 heteroatoms. The summed E-state index contributed by atoms with van der Waals surface area (Å²) < 4.78 is 5.02. The lowest BCUT2D eigenvalue weighted by Crippen LogP contribution is -2.43. The quantitative estimate of drug-likeness (QED) is 0.633. The lowest BCUT2D eigenvalue weighted by atomic mass is 10.0. The van der Waals surface area contributed by atoms with Gasteiger partial charge >= 0.3 is 0 Å². The molecule has 0 aromatic carbocycles. The van der Waals surface area contributed by atoms with E-state index in [-0.39, 0.29) is 17.9 Å². The summed E-state index contributed by atoms with van der Waals surface area (Å²) in [6.45, 7) is 5.07. The van der Waals surface area contributed by atoms with Crippen molar-refractivity contribution in [2.75, 3.05) is 20.3 Å². The zero-order valence-electron chi connectivity index (χ0n) is 10.1. The van der Waals surface area contributed by atoms with Crippen LogP contribution in [0.4, 0.5) is 0 Å². The molecule has 0 aliphatic heterocycles. The number of carbonyl (C=O) groups is 1. The van der Waals surface area contributed by atoms with Crippen LogP contribution in [-0.4, -0.2) is 32.2 Å². The van der Waals surface area contributed by atoms with Gasteiger partial charge in [-0.2, -0.15) is 0 Å². The van der Waals surface area contributed by atoms with E-state index in [9.17, 15) is 4.79 Å². The fourth-order valence-electron chi connectivity index (χ4n) is 1.49. The minimum absolute atomic E-state index is 0.0547. The first-order valence-corrected chi connectivity index (χ1v) is 5.68. The molecule has 90 valence electrons. The molecule has 0 aromatic heterocycles. The Morgan fingerprint density at radius 3 is 2.53 bits per heavy atom. The molecule has 4 nitrogen and oxygen atoms in total. The minimum atomic E-state index is -0.0547. The molecule has 0 aromatic rings. The molecule has 0 spiro atoms.